The normalized spacial score (nSPS) is 11.8. The second-order valence-electron chi connectivity index (χ2n) is 4.00. The number of halogens is 1. The highest BCUT2D eigenvalue weighted by atomic mass is 79.9. The molecule has 0 aliphatic rings. The molecule has 5 heteroatoms. The summed E-state index contributed by atoms with van der Waals surface area (Å²) in [5.41, 5.74) is 1.43. The SMILES string of the molecule is CCNC(=O)C(C)NC(=O)c1cccc(Br)c1C. The predicted octanol–water partition coefficient (Wildman–Crippen LogP) is 2.01. The first-order valence-corrected chi connectivity index (χ1v) is 6.60. The van der Waals surface area contributed by atoms with Crippen molar-refractivity contribution in [1.82, 2.24) is 10.6 Å². The lowest BCUT2D eigenvalue weighted by Gasteiger charge is -2.14. The molecular weight excluding hydrogens is 296 g/mol. The zero-order chi connectivity index (χ0) is 13.7. The molecule has 98 valence electrons. The van der Waals surface area contributed by atoms with Crippen molar-refractivity contribution in [2.45, 2.75) is 26.8 Å². The van der Waals surface area contributed by atoms with Crippen LogP contribution in [0.1, 0.15) is 29.8 Å². The Labute approximate surface area is 115 Å². The Balaban J connectivity index is 2.77. The van der Waals surface area contributed by atoms with Gasteiger partial charge in [0, 0.05) is 16.6 Å². The standard InChI is InChI=1S/C13H17BrN2O2/c1-4-15-12(17)9(3)16-13(18)10-6-5-7-11(14)8(10)2/h5-7,9H,4H2,1-3H3,(H,15,17)(H,16,18). The molecule has 2 N–H and O–H groups in total. The molecule has 0 saturated carbocycles. The van der Waals surface area contributed by atoms with Crippen LogP contribution in [0, 0.1) is 6.92 Å². The molecule has 0 fully saturated rings. The molecule has 1 atom stereocenters. The number of carbonyl (C=O) groups excluding carboxylic acids is 2. The molecule has 0 heterocycles. The lowest BCUT2D eigenvalue weighted by Crippen LogP contribution is -2.44. The van der Waals surface area contributed by atoms with Gasteiger partial charge < -0.3 is 10.6 Å². The molecule has 1 unspecified atom stereocenters. The summed E-state index contributed by atoms with van der Waals surface area (Å²) in [5.74, 6) is -0.425. The van der Waals surface area contributed by atoms with E-state index in [0.717, 1.165) is 10.0 Å². The molecule has 1 aromatic carbocycles. The molecule has 18 heavy (non-hydrogen) atoms. The Bertz CT molecular complexity index is 460. The number of amides is 2. The maximum absolute atomic E-state index is 12.0. The van der Waals surface area contributed by atoms with Gasteiger partial charge in [0.25, 0.3) is 5.91 Å². The van der Waals surface area contributed by atoms with Gasteiger partial charge in [-0.05, 0) is 38.5 Å². The highest BCUT2D eigenvalue weighted by molar-refractivity contribution is 9.10. The number of benzene rings is 1. The molecule has 2 amide bonds. The van der Waals surface area contributed by atoms with Crippen molar-refractivity contribution in [3.05, 3.63) is 33.8 Å². The number of hydrogen-bond acceptors (Lipinski definition) is 2. The van der Waals surface area contributed by atoms with Gasteiger partial charge in [-0.1, -0.05) is 22.0 Å². The average Bonchev–Trinajstić information content (AvgIpc) is 2.32. The first-order chi connectivity index (χ1) is 8.47. The molecule has 1 rings (SSSR count). The topological polar surface area (TPSA) is 58.2 Å². The molecule has 0 saturated heterocycles. The van der Waals surface area contributed by atoms with E-state index >= 15 is 0 Å². The lowest BCUT2D eigenvalue weighted by molar-refractivity contribution is -0.122. The molecule has 0 bridgehead atoms. The van der Waals surface area contributed by atoms with Crippen LogP contribution >= 0.6 is 15.9 Å². The summed E-state index contributed by atoms with van der Waals surface area (Å²) in [7, 11) is 0. The van der Waals surface area contributed by atoms with Crippen molar-refractivity contribution in [2.75, 3.05) is 6.54 Å². The number of likely N-dealkylation sites (N-methyl/N-ethyl adjacent to an activating group) is 1. The molecule has 0 aliphatic carbocycles. The van der Waals surface area contributed by atoms with Gasteiger partial charge in [0.05, 0.1) is 0 Å². The van der Waals surface area contributed by atoms with E-state index in [9.17, 15) is 9.59 Å². The van der Waals surface area contributed by atoms with Crippen molar-refractivity contribution in [2.24, 2.45) is 0 Å². The summed E-state index contributed by atoms with van der Waals surface area (Å²) < 4.78 is 0.876. The van der Waals surface area contributed by atoms with Crippen LogP contribution in [0.4, 0.5) is 0 Å². The van der Waals surface area contributed by atoms with Crippen LogP contribution in [0.5, 0.6) is 0 Å². The monoisotopic (exact) mass is 312 g/mol. The van der Waals surface area contributed by atoms with Gasteiger partial charge in [0.15, 0.2) is 0 Å². The summed E-state index contributed by atoms with van der Waals surface area (Å²) >= 11 is 3.38. The first kappa shape index (κ1) is 14.7. The Morgan fingerprint density at radius 2 is 2.06 bits per heavy atom. The van der Waals surface area contributed by atoms with Crippen molar-refractivity contribution in [3.63, 3.8) is 0 Å². The summed E-state index contributed by atoms with van der Waals surface area (Å²) in [6, 6.07) is 4.86. The molecule has 0 aromatic heterocycles. The largest absolute Gasteiger partial charge is 0.355 e. The fourth-order valence-corrected chi connectivity index (χ4v) is 1.89. The van der Waals surface area contributed by atoms with E-state index in [0.29, 0.717) is 12.1 Å². The number of hydrogen-bond donors (Lipinski definition) is 2. The van der Waals surface area contributed by atoms with Gasteiger partial charge in [0.2, 0.25) is 5.91 Å². The van der Waals surface area contributed by atoms with Crippen LogP contribution in [0.25, 0.3) is 0 Å². The quantitative estimate of drug-likeness (QED) is 0.893. The third-order valence-corrected chi connectivity index (χ3v) is 3.46. The second kappa shape index (κ2) is 6.54. The van der Waals surface area contributed by atoms with E-state index in [2.05, 4.69) is 26.6 Å². The third-order valence-electron chi connectivity index (χ3n) is 2.60. The number of rotatable bonds is 4. The number of carbonyl (C=O) groups is 2. The predicted molar refractivity (Wildman–Crippen MR) is 74.5 cm³/mol. The van der Waals surface area contributed by atoms with Crippen LogP contribution in [0.15, 0.2) is 22.7 Å². The molecule has 0 radical (unpaired) electrons. The summed E-state index contributed by atoms with van der Waals surface area (Å²) in [4.78, 5) is 23.6. The zero-order valence-electron chi connectivity index (χ0n) is 10.7. The van der Waals surface area contributed by atoms with Crippen LogP contribution in [-0.4, -0.2) is 24.4 Å². The van der Waals surface area contributed by atoms with E-state index < -0.39 is 6.04 Å². The van der Waals surface area contributed by atoms with Gasteiger partial charge in [-0.25, -0.2) is 0 Å². The molecular formula is C13H17BrN2O2. The minimum atomic E-state index is -0.546. The Morgan fingerprint density at radius 3 is 2.67 bits per heavy atom. The summed E-state index contributed by atoms with van der Waals surface area (Å²) in [6.07, 6.45) is 0. The van der Waals surface area contributed by atoms with E-state index in [1.807, 2.05) is 19.9 Å². The fraction of sp³-hybridized carbons (Fsp3) is 0.385. The van der Waals surface area contributed by atoms with Gasteiger partial charge in [-0.15, -0.1) is 0 Å². The van der Waals surface area contributed by atoms with Crippen molar-refractivity contribution < 1.29 is 9.59 Å². The maximum Gasteiger partial charge on any atom is 0.252 e. The van der Waals surface area contributed by atoms with Crippen molar-refractivity contribution in [1.29, 1.82) is 0 Å². The molecule has 1 aromatic rings. The first-order valence-electron chi connectivity index (χ1n) is 5.81. The minimum absolute atomic E-state index is 0.182. The highest BCUT2D eigenvalue weighted by Crippen LogP contribution is 2.19. The van der Waals surface area contributed by atoms with Crippen molar-refractivity contribution in [3.8, 4) is 0 Å². The zero-order valence-corrected chi connectivity index (χ0v) is 12.3. The van der Waals surface area contributed by atoms with E-state index in [-0.39, 0.29) is 11.8 Å². The lowest BCUT2D eigenvalue weighted by atomic mass is 10.1. The van der Waals surface area contributed by atoms with Gasteiger partial charge >= 0.3 is 0 Å². The van der Waals surface area contributed by atoms with Crippen molar-refractivity contribution >= 4 is 27.7 Å². The number of nitrogens with one attached hydrogen (secondary N) is 2. The molecule has 0 spiro atoms. The van der Waals surface area contributed by atoms with Gasteiger partial charge in [-0.2, -0.15) is 0 Å². The average molecular weight is 313 g/mol. The van der Waals surface area contributed by atoms with Crippen LogP contribution in [0.3, 0.4) is 0 Å². The van der Waals surface area contributed by atoms with Gasteiger partial charge in [-0.3, -0.25) is 9.59 Å². The van der Waals surface area contributed by atoms with Crippen LogP contribution < -0.4 is 10.6 Å². The minimum Gasteiger partial charge on any atom is -0.355 e. The van der Waals surface area contributed by atoms with E-state index in [4.69, 9.17) is 0 Å². The molecule has 0 aliphatic heterocycles. The Hall–Kier alpha value is -1.36. The summed E-state index contributed by atoms with van der Waals surface area (Å²) in [6.45, 7) is 5.91. The highest BCUT2D eigenvalue weighted by Gasteiger charge is 2.17. The van der Waals surface area contributed by atoms with E-state index in [1.54, 1.807) is 19.1 Å². The van der Waals surface area contributed by atoms with Crippen LogP contribution in [0.2, 0.25) is 0 Å². The maximum atomic E-state index is 12.0. The second-order valence-corrected chi connectivity index (χ2v) is 4.86. The fourth-order valence-electron chi connectivity index (χ4n) is 1.52. The Kier molecular flexibility index (Phi) is 5.34. The van der Waals surface area contributed by atoms with Gasteiger partial charge in [0.1, 0.15) is 6.04 Å². The Morgan fingerprint density at radius 1 is 1.39 bits per heavy atom. The van der Waals surface area contributed by atoms with Crippen LogP contribution in [-0.2, 0) is 4.79 Å². The van der Waals surface area contributed by atoms with E-state index in [1.165, 1.54) is 0 Å². The smallest absolute Gasteiger partial charge is 0.252 e. The molecule has 4 nitrogen and oxygen atoms in total. The third kappa shape index (κ3) is 3.57. The summed E-state index contributed by atoms with van der Waals surface area (Å²) in [5, 5.41) is 5.34.